The second kappa shape index (κ2) is 12.3. The third-order valence-electron chi connectivity index (χ3n) is 6.08. The molecule has 2 aromatic carbocycles. The Morgan fingerprint density at radius 3 is 2.31 bits per heavy atom. The summed E-state index contributed by atoms with van der Waals surface area (Å²) in [5, 5.41) is 16.2. The van der Waals surface area contributed by atoms with Gasteiger partial charge in [-0.15, -0.1) is 11.3 Å². The maximum absolute atomic E-state index is 12.9. The second-order valence-corrected chi connectivity index (χ2v) is 11.4. The van der Waals surface area contributed by atoms with Crippen molar-refractivity contribution in [2.24, 2.45) is 0 Å². The number of rotatable bonds is 11. The minimum absolute atomic E-state index is 0.177. The Morgan fingerprint density at radius 1 is 0.872 bits per heavy atom. The third kappa shape index (κ3) is 6.92. The Balaban J connectivity index is 1.14. The number of nitrogens with one attached hydrogen (secondary N) is 2. The van der Waals surface area contributed by atoms with E-state index in [0.717, 1.165) is 39.4 Å². The summed E-state index contributed by atoms with van der Waals surface area (Å²) >= 11 is 1.50. The predicted octanol–water partition coefficient (Wildman–Crippen LogP) is 4.93. The molecule has 0 unspecified atom stereocenters. The van der Waals surface area contributed by atoms with Gasteiger partial charge in [0, 0.05) is 59.1 Å². The van der Waals surface area contributed by atoms with Crippen molar-refractivity contribution in [3.63, 3.8) is 0 Å². The predicted molar refractivity (Wildman–Crippen MR) is 154 cm³/mol. The molecule has 0 radical (unpaired) electrons. The fourth-order valence-corrected chi connectivity index (χ4v) is 5.84. The number of aliphatic hydroxyl groups excluding tert-OH is 1. The Hall–Kier alpha value is -3.96. The molecule has 198 valence electrons. The van der Waals surface area contributed by atoms with Crippen LogP contribution in [0.4, 0.5) is 5.69 Å². The highest BCUT2D eigenvalue weighted by Crippen LogP contribution is 2.29. The first kappa shape index (κ1) is 26.6. The van der Waals surface area contributed by atoms with Gasteiger partial charge in [-0.1, -0.05) is 30.3 Å². The van der Waals surface area contributed by atoms with Crippen LogP contribution in [0.3, 0.4) is 0 Å². The Labute approximate surface area is 231 Å². The molecule has 0 aliphatic carbocycles. The molecule has 39 heavy (non-hydrogen) atoms. The van der Waals surface area contributed by atoms with E-state index in [1.54, 1.807) is 67.3 Å². The minimum atomic E-state index is -3.74. The van der Waals surface area contributed by atoms with Gasteiger partial charge >= 0.3 is 0 Å². The van der Waals surface area contributed by atoms with Crippen LogP contribution in [0, 0.1) is 0 Å². The van der Waals surface area contributed by atoms with Crippen molar-refractivity contribution in [1.29, 1.82) is 0 Å². The van der Waals surface area contributed by atoms with Crippen LogP contribution in [-0.2, 0) is 16.4 Å². The van der Waals surface area contributed by atoms with Crippen LogP contribution in [0.25, 0.3) is 21.8 Å². The number of hydrogen-bond acceptors (Lipinski definition) is 8. The van der Waals surface area contributed by atoms with Crippen molar-refractivity contribution < 1.29 is 13.5 Å². The van der Waals surface area contributed by atoms with Crippen molar-refractivity contribution in [2.45, 2.75) is 17.4 Å². The molecule has 10 heteroatoms. The molecular formula is C29H27N5O3S2. The van der Waals surface area contributed by atoms with Crippen molar-refractivity contribution in [2.75, 3.05) is 17.8 Å². The summed E-state index contributed by atoms with van der Waals surface area (Å²) in [6, 6.07) is 21.4. The zero-order chi connectivity index (χ0) is 27.1. The normalized spacial score (nSPS) is 12.2. The van der Waals surface area contributed by atoms with Crippen LogP contribution in [0.15, 0.2) is 108 Å². The third-order valence-corrected chi connectivity index (χ3v) is 8.37. The first-order valence-corrected chi connectivity index (χ1v) is 14.7. The average molecular weight is 558 g/mol. The Kier molecular flexibility index (Phi) is 8.38. The van der Waals surface area contributed by atoms with Crippen molar-refractivity contribution >= 4 is 27.0 Å². The zero-order valence-electron chi connectivity index (χ0n) is 20.9. The topological polar surface area (TPSA) is 117 Å². The number of hydrogen-bond donors (Lipinski definition) is 3. The van der Waals surface area contributed by atoms with Gasteiger partial charge in [-0.25, -0.2) is 13.4 Å². The molecule has 3 N–H and O–H groups in total. The molecule has 0 saturated carbocycles. The van der Waals surface area contributed by atoms with Gasteiger partial charge in [0.1, 0.15) is 5.01 Å². The lowest BCUT2D eigenvalue weighted by molar-refractivity contribution is 0.174. The number of pyridine rings is 2. The molecule has 0 aliphatic heterocycles. The van der Waals surface area contributed by atoms with Gasteiger partial charge in [0.2, 0.25) is 0 Å². The zero-order valence-corrected chi connectivity index (χ0v) is 22.6. The molecule has 1 atom stereocenters. The number of anilines is 1. The van der Waals surface area contributed by atoms with Gasteiger partial charge in [0.05, 0.1) is 16.7 Å². The smallest absolute Gasteiger partial charge is 0.261 e. The van der Waals surface area contributed by atoms with Crippen LogP contribution in [0.5, 0.6) is 0 Å². The molecule has 0 amide bonds. The highest BCUT2D eigenvalue weighted by Gasteiger charge is 2.15. The molecular weight excluding hydrogens is 530 g/mol. The monoisotopic (exact) mass is 557 g/mol. The van der Waals surface area contributed by atoms with E-state index in [1.165, 1.54) is 11.3 Å². The fraction of sp³-hybridized carbons (Fsp3) is 0.138. The van der Waals surface area contributed by atoms with E-state index in [2.05, 4.69) is 25.0 Å². The first-order chi connectivity index (χ1) is 19.0. The highest BCUT2D eigenvalue weighted by molar-refractivity contribution is 7.92. The van der Waals surface area contributed by atoms with Gasteiger partial charge in [0.15, 0.2) is 0 Å². The van der Waals surface area contributed by atoms with Crippen LogP contribution in [0.2, 0.25) is 0 Å². The summed E-state index contributed by atoms with van der Waals surface area (Å²) in [5.41, 5.74) is 4.94. The average Bonchev–Trinajstić information content (AvgIpc) is 3.47. The standard InChI is InChI=1S/C29H27N5O3S2/c35-28(24-4-2-15-31-18-24)19-32-16-13-21-5-9-25(10-6-21)34-39(36,37)26-11-7-22(8-12-26)29-33-27(20-38-29)23-3-1-14-30-17-23/h1-12,14-15,17-18,20,28,32,34-35H,13,16,19H2/t28-/m0/s1. The van der Waals surface area contributed by atoms with Crippen LogP contribution in [0.1, 0.15) is 17.2 Å². The summed E-state index contributed by atoms with van der Waals surface area (Å²) in [4.78, 5) is 13.0. The largest absolute Gasteiger partial charge is 0.387 e. The number of thiazole rings is 1. The van der Waals surface area contributed by atoms with Gasteiger partial charge in [-0.05, 0) is 61.0 Å². The molecule has 0 spiro atoms. The summed E-state index contributed by atoms with van der Waals surface area (Å²) in [7, 11) is -3.74. The SMILES string of the molecule is O=S(=O)(Nc1ccc(CCNC[C@H](O)c2cccnc2)cc1)c1ccc(-c2nc(-c3cccnc3)cs2)cc1. The molecule has 0 fully saturated rings. The van der Waals surface area contributed by atoms with E-state index in [4.69, 9.17) is 0 Å². The molecule has 3 aromatic heterocycles. The van der Waals surface area contributed by atoms with Crippen molar-refractivity contribution in [3.8, 4) is 21.8 Å². The second-order valence-electron chi connectivity index (χ2n) is 8.86. The minimum Gasteiger partial charge on any atom is -0.387 e. The van der Waals surface area contributed by atoms with Crippen LogP contribution in [-0.4, -0.2) is 41.6 Å². The highest BCUT2D eigenvalue weighted by atomic mass is 32.2. The Bertz CT molecular complexity index is 1590. The number of nitrogens with zero attached hydrogens (tertiary/aromatic N) is 3. The van der Waals surface area contributed by atoms with E-state index < -0.39 is 16.1 Å². The lowest BCUT2D eigenvalue weighted by Crippen LogP contribution is -2.23. The number of benzene rings is 2. The summed E-state index contributed by atoms with van der Waals surface area (Å²) in [5.74, 6) is 0. The van der Waals surface area contributed by atoms with Crippen molar-refractivity contribution in [3.05, 3.63) is 114 Å². The molecule has 0 saturated heterocycles. The number of aliphatic hydroxyl groups is 1. The maximum atomic E-state index is 12.9. The molecule has 5 rings (SSSR count). The summed E-state index contributed by atoms with van der Waals surface area (Å²) in [6.07, 6.45) is 6.94. The number of aromatic nitrogens is 3. The van der Waals surface area contributed by atoms with E-state index in [-0.39, 0.29) is 4.90 Å². The van der Waals surface area contributed by atoms with Crippen LogP contribution >= 0.6 is 11.3 Å². The molecule has 3 heterocycles. The maximum Gasteiger partial charge on any atom is 0.261 e. The first-order valence-electron chi connectivity index (χ1n) is 12.3. The van der Waals surface area contributed by atoms with E-state index in [0.29, 0.717) is 18.8 Å². The van der Waals surface area contributed by atoms with E-state index >= 15 is 0 Å². The van der Waals surface area contributed by atoms with E-state index in [9.17, 15) is 13.5 Å². The summed E-state index contributed by atoms with van der Waals surface area (Å²) < 4.78 is 28.5. The lowest BCUT2D eigenvalue weighted by Gasteiger charge is -2.12. The number of sulfonamides is 1. The van der Waals surface area contributed by atoms with Gasteiger partial charge < -0.3 is 10.4 Å². The quantitative estimate of drug-likeness (QED) is 0.197. The molecule has 5 aromatic rings. The summed E-state index contributed by atoms with van der Waals surface area (Å²) in [6.45, 7) is 1.11. The lowest BCUT2D eigenvalue weighted by atomic mass is 10.1. The van der Waals surface area contributed by atoms with Gasteiger partial charge in [-0.3, -0.25) is 14.7 Å². The Morgan fingerprint density at radius 2 is 1.62 bits per heavy atom. The fourth-order valence-electron chi connectivity index (χ4n) is 3.95. The molecule has 8 nitrogen and oxygen atoms in total. The van der Waals surface area contributed by atoms with Crippen LogP contribution < -0.4 is 10.0 Å². The van der Waals surface area contributed by atoms with E-state index in [1.807, 2.05) is 35.7 Å². The van der Waals surface area contributed by atoms with Crippen molar-refractivity contribution in [1.82, 2.24) is 20.3 Å². The van der Waals surface area contributed by atoms with Gasteiger partial charge in [0.25, 0.3) is 10.0 Å². The van der Waals surface area contributed by atoms with Gasteiger partial charge in [-0.2, -0.15) is 0 Å². The molecule has 0 aliphatic rings. The molecule has 0 bridgehead atoms.